The third kappa shape index (κ3) is 10.3. The number of hydrogen-bond acceptors (Lipinski definition) is 8. The average Bonchev–Trinajstić information content (AvgIpc) is 2.65. The third-order valence-electron chi connectivity index (χ3n) is 4.35. The summed E-state index contributed by atoms with van der Waals surface area (Å²) in [6, 6.07) is 0. The third-order valence-corrected chi connectivity index (χ3v) is 19.3. The minimum atomic E-state index is -3.20. The van der Waals surface area contributed by atoms with Gasteiger partial charge in [0.25, 0.3) is 0 Å². The molecule has 0 aliphatic carbocycles. The van der Waals surface area contributed by atoms with Crippen molar-refractivity contribution < 1.29 is 38.1 Å². The Morgan fingerprint density at radius 1 is 0.520 bits per heavy atom. The van der Waals surface area contributed by atoms with Crippen LogP contribution in [-0.4, -0.2) is 70.7 Å². The molecule has 0 aromatic carbocycles. The molecule has 8 nitrogen and oxygen atoms in total. The molecule has 0 saturated heterocycles. The standard InChI is InChI=1S/4C4H7O2.Sn/c4*1-3-4(5)6-2;/h4*1,3H2,2H3;. The summed E-state index contributed by atoms with van der Waals surface area (Å²) in [6.07, 6.45) is 0.873. The Bertz CT molecular complexity index is 378. The molecule has 0 rings (SSSR count). The van der Waals surface area contributed by atoms with Gasteiger partial charge in [0.2, 0.25) is 0 Å². The van der Waals surface area contributed by atoms with Crippen LogP contribution in [0.2, 0.25) is 17.7 Å². The van der Waals surface area contributed by atoms with Gasteiger partial charge in [0, 0.05) is 0 Å². The molecule has 0 radical (unpaired) electrons. The summed E-state index contributed by atoms with van der Waals surface area (Å²) in [4.78, 5) is 46.3. The van der Waals surface area contributed by atoms with Crippen molar-refractivity contribution in [1.29, 1.82) is 0 Å². The van der Waals surface area contributed by atoms with Crippen LogP contribution in [0.4, 0.5) is 0 Å². The van der Waals surface area contributed by atoms with Crippen molar-refractivity contribution in [1.82, 2.24) is 0 Å². The predicted octanol–water partition coefficient (Wildman–Crippen LogP) is 1.69. The van der Waals surface area contributed by atoms with Crippen LogP contribution in [0.25, 0.3) is 0 Å². The number of esters is 4. The molecule has 0 bridgehead atoms. The zero-order valence-corrected chi connectivity index (χ0v) is 18.3. The van der Waals surface area contributed by atoms with E-state index in [-0.39, 0.29) is 49.6 Å². The Labute approximate surface area is 152 Å². The van der Waals surface area contributed by atoms with Crippen LogP contribution in [0, 0.1) is 0 Å². The number of methoxy groups -OCH3 is 4. The molecule has 0 amide bonds. The first-order valence-corrected chi connectivity index (χ1v) is 16.2. The number of carbonyl (C=O) groups excluding carboxylic acids is 4. The van der Waals surface area contributed by atoms with Crippen molar-refractivity contribution in [3.8, 4) is 0 Å². The number of carbonyl (C=O) groups is 4. The zero-order chi connectivity index (χ0) is 19.3. The Morgan fingerprint density at radius 2 is 0.720 bits per heavy atom. The van der Waals surface area contributed by atoms with Crippen LogP contribution in [0.5, 0.6) is 0 Å². The quantitative estimate of drug-likeness (QED) is 0.243. The molecule has 0 N–H and O–H groups in total. The van der Waals surface area contributed by atoms with E-state index < -0.39 is 18.4 Å². The second-order valence-corrected chi connectivity index (χ2v) is 20.1. The van der Waals surface area contributed by atoms with Crippen molar-refractivity contribution in [2.75, 3.05) is 28.4 Å². The predicted molar refractivity (Wildman–Crippen MR) is 91.5 cm³/mol. The molecule has 9 heteroatoms. The van der Waals surface area contributed by atoms with E-state index in [1.54, 1.807) is 0 Å². The van der Waals surface area contributed by atoms with Crippen LogP contribution in [0.1, 0.15) is 25.7 Å². The van der Waals surface area contributed by atoms with E-state index >= 15 is 0 Å². The summed E-state index contributed by atoms with van der Waals surface area (Å²) in [5.41, 5.74) is 0. The molecule has 0 spiro atoms. The molecule has 0 aromatic heterocycles. The first kappa shape index (κ1) is 23.7. The van der Waals surface area contributed by atoms with Gasteiger partial charge in [0.05, 0.1) is 0 Å². The van der Waals surface area contributed by atoms with Crippen molar-refractivity contribution >= 4 is 42.3 Å². The van der Waals surface area contributed by atoms with Gasteiger partial charge >= 0.3 is 152 Å². The first-order valence-electron chi connectivity index (χ1n) is 8.09. The molecule has 25 heavy (non-hydrogen) atoms. The topological polar surface area (TPSA) is 105 Å². The van der Waals surface area contributed by atoms with Gasteiger partial charge in [0.1, 0.15) is 0 Å². The molecule has 0 aliphatic rings. The van der Waals surface area contributed by atoms with Crippen molar-refractivity contribution in [2.45, 2.75) is 43.4 Å². The summed E-state index contributed by atoms with van der Waals surface area (Å²) < 4.78 is 21.2. The van der Waals surface area contributed by atoms with Crippen molar-refractivity contribution in [2.24, 2.45) is 0 Å². The van der Waals surface area contributed by atoms with Crippen molar-refractivity contribution in [3.63, 3.8) is 0 Å². The summed E-state index contributed by atoms with van der Waals surface area (Å²) in [7, 11) is 5.27. The maximum absolute atomic E-state index is 11.6. The van der Waals surface area contributed by atoms with E-state index in [1.165, 1.54) is 28.4 Å². The number of ether oxygens (including phenoxy) is 4. The maximum atomic E-state index is 11.6. The van der Waals surface area contributed by atoms with Gasteiger partial charge in [-0.2, -0.15) is 0 Å². The second kappa shape index (κ2) is 13.0. The Kier molecular flexibility index (Phi) is 12.3. The van der Waals surface area contributed by atoms with E-state index in [0.29, 0.717) is 17.7 Å². The Morgan fingerprint density at radius 3 is 0.880 bits per heavy atom. The van der Waals surface area contributed by atoms with Gasteiger partial charge in [0.15, 0.2) is 0 Å². The Hall–Kier alpha value is -1.32. The van der Waals surface area contributed by atoms with E-state index in [4.69, 9.17) is 18.9 Å². The fraction of sp³-hybridized carbons (Fsp3) is 0.750. The van der Waals surface area contributed by atoms with Gasteiger partial charge in [-0.3, -0.25) is 0 Å². The van der Waals surface area contributed by atoms with Crippen molar-refractivity contribution in [3.05, 3.63) is 0 Å². The summed E-state index contributed by atoms with van der Waals surface area (Å²) in [5, 5.41) is 0. The van der Waals surface area contributed by atoms with Gasteiger partial charge in [-0.05, 0) is 0 Å². The van der Waals surface area contributed by atoms with E-state index in [0.717, 1.165) is 0 Å². The van der Waals surface area contributed by atoms with E-state index in [1.807, 2.05) is 0 Å². The molecule has 0 aliphatic heterocycles. The van der Waals surface area contributed by atoms with Gasteiger partial charge < -0.3 is 0 Å². The molecular weight excluding hydrogens is 439 g/mol. The van der Waals surface area contributed by atoms with Gasteiger partial charge in [-0.15, -0.1) is 0 Å². The minimum absolute atomic E-state index is 0.218. The van der Waals surface area contributed by atoms with Gasteiger partial charge in [-0.1, -0.05) is 0 Å². The molecule has 0 atom stereocenters. The SMILES string of the molecule is COC(=O)C[CH2][Sn]([CH2]CC(=O)OC)([CH2]CC(=O)OC)[CH2]CC(=O)OC. The summed E-state index contributed by atoms with van der Waals surface area (Å²) >= 11 is -3.20. The van der Waals surface area contributed by atoms with E-state index in [2.05, 4.69) is 0 Å². The number of rotatable bonds is 12. The van der Waals surface area contributed by atoms with Crippen LogP contribution < -0.4 is 0 Å². The van der Waals surface area contributed by atoms with Crippen LogP contribution in [-0.2, 0) is 38.1 Å². The molecular formula is C16H28O8Sn. The number of hydrogen-bond donors (Lipinski definition) is 0. The summed E-state index contributed by atoms with van der Waals surface area (Å²) in [6.45, 7) is 0. The monoisotopic (exact) mass is 468 g/mol. The molecule has 0 heterocycles. The zero-order valence-electron chi connectivity index (χ0n) is 15.4. The van der Waals surface area contributed by atoms with Crippen LogP contribution in [0.3, 0.4) is 0 Å². The molecule has 0 unspecified atom stereocenters. The molecule has 0 saturated carbocycles. The average molecular weight is 467 g/mol. The fourth-order valence-corrected chi connectivity index (χ4v) is 15.3. The molecule has 0 aromatic rings. The van der Waals surface area contributed by atoms with Crippen LogP contribution >= 0.6 is 0 Å². The first-order chi connectivity index (χ1) is 11.8. The van der Waals surface area contributed by atoms with Crippen LogP contribution in [0.15, 0.2) is 0 Å². The Balaban J connectivity index is 5.24. The normalized spacial score (nSPS) is 10.7. The van der Waals surface area contributed by atoms with Gasteiger partial charge in [-0.25, -0.2) is 0 Å². The fourth-order valence-electron chi connectivity index (χ4n) is 2.63. The molecule has 144 valence electrons. The van der Waals surface area contributed by atoms with E-state index in [9.17, 15) is 19.2 Å². The second-order valence-electron chi connectivity index (χ2n) is 5.80. The molecule has 0 fully saturated rings. The summed E-state index contributed by atoms with van der Waals surface area (Å²) in [5.74, 6) is -1.35.